The predicted molar refractivity (Wildman–Crippen MR) is 121 cm³/mol. The number of carbonyl (C=O) groups is 1. The molecule has 160 valence electrons. The summed E-state index contributed by atoms with van der Waals surface area (Å²) in [6, 6.07) is 19.7. The minimum absolute atomic E-state index is 0.00602. The maximum absolute atomic E-state index is 12.2. The maximum Gasteiger partial charge on any atom is 0.407 e. The normalized spacial score (nSPS) is 14.4. The van der Waals surface area contributed by atoms with E-state index in [4.69, 9.17) is 4.74 Å². The molecular formula is C24H23BrN2O4. The van der Waals surface area contributed by atoms with Crippen molar-refractivity contribution < 1.29 is 19.7 Å². The number of nitrogens with zero attached hydrogens (tertiary/aromatic N) is 1. The number of benzene rings is 2. The Morgan fingerprint density at radius 2 is 1.68 bits per heavy atom. The number of hydrogen-bond acceptors (Lipinski definition) is 5. The molecular weight excluding hydrogens is 460 g/mol. The number of fused-ring (bicyclic) bond motifs is 3. The van der Waals surface area contributed by atoms with Gasteiger partial charge in [0.05, 0.1) is 6.10 Å². The van der Waals surface area contributed by atoms with Gasteiger partial charge in [0.25, 0.3) is 0 Å². The first kappa shape index (κ1) is 21.5. The predicted octanol–water partition coefficient (Wildman–Crippen LogP) is 4.17. The lowest BCUT2D eigenvalue weighted by atomic mass is 9.98. The summed E-state index contributed by atoms with van der Waals surface area (Å²) in [4.78, 5) is 16.2. The second-order valence-corrected chi connectivity index (χ2v) is 8.19. The Hall–Kier alpha value is -2.74. The van der Waals surface area contributed by atoms with Crippen LogP contribution in [0.3, 0.4) is 0 Å². The van der Waals surface area contributed by atoms with Crippen molar-refractivity contribution in [2.24, 2.45) is 0 Å². The summed E-state index contributed by atoms with van der Waals surface area (Å²) in [5, 5.41) is 23.2. The molecule has 0 saturated carbocycles. The fourth-order valence-corrected chi connectivity index (χ4v) is 4.44. The molecule has 0 radical (unpaired) electrons. The van der Waals surface area contributed by atoms with Crippen molar-refractivity contribution in [3.8, 4) is 11.1 Å². The minimum Gasteiger partial charge on any atom is -0.449 e. The molecule has 1 amide bonds. The highest BCUT2D eigenvalue weighted by molar-refractivity contribution is 9.10. The highest BCUT2D eigenvalue weighted by Gasteiger charge is 2.29. The number of ether oxygens (including phenoxy) is 1. The monoisotopic (exact) mass is 482 g/mol. The first-order valence-electron chi connectivity index (χ1n) is 10.1. The van der Waals surface area contributed by atoms with E-state index in [0.717, 1.165) is 11.1 Å². The smallest absolute Gasteiger partial charge is 0.407 e. The lowest BCUT2D eigenvalue weighted by Gasteiger charge is -2.19. The van der Waals surface area contributed by atoms with E-state index in [-0.39, 0.29) is 25.5 Å². The zero-order valence-corrected chi connectivity index (χ0v) is 18.3. The van der Waals surface area contributed by atoms with E-state index in [0.29, 0.717) is 10.2 Å². The molecule has 4 rings (SSSR count). The summed E-state index contributed by atoms with van der Waals surface area (Å²) in [6.45, 7) is 0.403. The van der Waals surface area contributed by atoms with Gasteiger partial charge in [-0.1, -0.05) is 54.6 Å². The fraction of sp³-hybridized carbons (Fsp3) is 0.250. The Morgan fingerprint density at radius 1 is 1.03 bits per heavy atom. The van der Waals surface area contributed by atoms with Crippen molar-refractivity contribution >= 4 is 22.0 Å². The van der Waals surface area contributed by atoms with Gasteiger partial charge in [-0.15, -0.1) is 0 Å². The molecule has 1 heterocycles. The zero-order chi connectivity index (χ0) is 21.8. The van der Waals surface area contributed by atoms with Crippen LogP contribution in [-0.2, 0) is 4.74 Å². The van der Waals surface area contributed by atoms with Crippen molar-refractivity contribution in [2.45, 2.75) is 24.5 Å². The number of aromatic nitrogens is 1. The summed E-state index contributed by atoms with van der Waals surface area (Å²) in [5.41, 5.74) is 5.14. The Morgan fingerprint density at radius 3 is 2.32 bits per heavy atom. The summed E-state index contributed by atoms with van der Waals surface area (Å²) in [6.07, 6.45) is -0.939. The van der Waals surface area contributed by atoms with Gasteiger partial charge in [0, 0.05) is 24.2 Å². The van der Waals surface area contributed by atoms with Crippen LogP contribution in [0.4, 0.5) is 4.79 Å². The molecule has 1 aliphatic rings. The van der Waals surface area contributed by atoms with Crippen LogP contribution in [0.5, 0.6) is 0 Å². The summed E-state index contributed by atoms with van der Waals surface area (Å²) in [7, 11) is 0. The number of halogens is 1. The van der Waals surface area contributed by atoms with E-state index >= 15 is 0 Å². The van der Waals surface area contributed by atoms with Gasteiger partial charge in [-0.2, -0.15) is 0 Å². The van der Waals surface area contributed by atoms with Gasteiger partial charge in [-0.3, -0.25) is 0 Å². The SMILES string of the molecule is O=C(NCCC(O)C(O)c1cccnc1Br)OCC1c2ccccc2-c2ccccc21. The van der Waals surface area contributed by atoms with E-state index in [1.54, 1.807) is 18.3 Å². The minimum atomic E-state index is -1.10. The largest absolute Gasteiger partial charge is 0.449 e. The van der Waals surface area contributed by atoms with Gasteiger partial charge in [0.2, 0.25) is 0 Å². The number of amides is 1. The van der Waals surface area contributed by atoms with Gasteiger partial charge in [-0.25, -0.2) is 9.78 Å². The van der Waals surface area contributed by atoms with Crippen molar-refractivity contribution in [1.82, 2.24) is 10.3 Å². The number of pyridine rings is 1. The molecule has 6 nitrogen and oxygen atoms in total. The summed E-state index contributed by atoms with van der Waals surface area (Å²) >= 11 is 3.26. The van der Waals surface area contributed by atoms with Crippen LogP contribution >= 0.6 is 15.9 Å². The second kappa shape index (κ2) is 9.60. The maximum atomic E-state index is 12.2. The highest BCUT2D eigenvalue weighted by atomic mass is 79.9. The molecule has 0 aliphatic heterocycles. The van der Waals surface area contributed by atoms with Gasteiger partial charge in [0.15, 0.2) is 0 Å². The lowest BCUT2D eigenvalue weighted by molar-refractivity contribution is 0.0130. The number of alkyl carbamates (subject to hydrolysis) is 1. The number of aliphatic hydroxyl groups is 2. The number of aliphatic hydroxyl groups excluding tert-OH is 2. The molecule has 0 saturated heterocycles. The lowest BCUT2D eigenvalue weighted by Crippen LogP contribution is -2.30. The molecule has 2 atom stereocenters. The van der Waals surface area contributed by atoms with E-state index in [1.807, 2.05) is 24.3 Å². The molecule has 0 spiro atoms. The Labute approximate surface area is 189 Å². The molecule has 0 bridgehead atoms. The van der Waals surface area contributed by atoms with E-state index < -0.39 is 18.3 Å². The number of hydrogen-bond donors (Lipinski definition) is 3. The van der Waals surface area contributed by atoms with Crippen LogP contribution in [0, 0.1) is 0 Å². The van der Waals surface area contributed by atoms with Crippen molar-refractivity contribution in [3.05, 3.63) is 88.2 Å². The molecule has 2 aromatic carbocycles. The van der Waals surface area contributed by atoms with Crippen LogP contribution in [0.1, 0.15) is 35.1 Å². The number of nitrogens with one attached hydrogen (secondary N) is 1. The number of carbonyl (C=O) groups excluding carboxylic acids is 1. The van der Waals surface area contributed by atoms with E-state index in [2.05, 4.69) is 50.5 Å². The van der Waals surface area contributed by atoms with E-state index in [1.165, 1.54) is 11.1 Å². The first-order chi connectivity index (χ1) is 15.1. The van der Waals surface area contributed by atoms with Crippen LogP contribution in [-0.4, -0.2) is 40.5 Å². The van der Waals surface area contributed by atoms with Crippen LogP contribution in [0.25, 0.3) is 11.1 Å². The molecule has 7 heteroatoms. The Balaban J connectivity index is 1.29. The number of rotatable bonds is 7. The van der Waals surface area contributed by atoms with Crippen LogP contribution < -0.4 is 5.32 Å². The van der Waals surface area contributed by atoms with Crippen molar-refractivity contribution in [1.29, 1.82) is 0 Å². The Bertz CT molecular complexity index is 1030. The highest BCUT2D eigenvalue weighted by Crippen LogP contribution is 2.44. The Kier molecular flexibility index (Phi) is 6.65. The third-order valence-corrected chi connectivity index (χ3v) is 6.19. The quantitative estimate of drug-likeness (QED) is 0.439. The van der Waals surface area contributed by atoms with Crippen LogP contribution in [0.15, 0.2) is 71.5 Å². The van der Waals surface area contributed by atoms with Crippen LogP contribution in [0.2, 0.25) is 0 Å². The first-order valence-corrected chi connectivity index (χ1v) is 10.9. The molecule has 2 unspecified atom stereocenters. The third-order valence-electron chi connectivity index (χ3n) is 5.52. The van der Waals surface area contributed by atoms with Gasteiger partial charge >= 0.3 is 6.09 Å². The fourth-order valence-electron chi connectivity index (χ4n) is 3.96. The van der Waals surface area contributed by atoms with Gasteiger partial charge < -0.3 is 20.3 Å². The standard InChI is InChI=1S/C24H23BrN2O4/c25-23-19(10-5-12-26-23)22(29)21(28)11-13-27-24(30)31-14-20-17-8-3-1-6-15(17)16-7-2-4-9-18(16)20/h1-10,12,20-22,28-29H,11,13-14H2,(H,27,30). The van der Waals surface area contributed by atoms with Crippen molar-refractivity contribution in [2.75, 3.05) is 13.2 Å². The second-order valence-electron chi connectivity index (χ2n) is 7.44. The molecule has 0 fully saturated rings. The summed E-state index contributed by atoms with van der Waals surface area (Å²) in [5.74, 6) is -0.00602. The third kappa shape index (κ3) is 4.63. The molecule has 1 aromatic heterocycles. The zero-order valence-electron chi connectivity index (χ0n) is 16.7. The molecule has 3 aromatic rings. The van der Waals surface area contributed by atoms with E-state index in [9.17, 15) is 15.0 Å². The average molecular weight is 483 g/mol. The average Bonchev–Trinajstić information content (AvgIpc) is 3.11. The summed E-state index contributed by atoms with van der Waals surface area (Å²) < 4.78 is 5.95. The van der Waals surface area contributed by atoms with Gasteiger partial charge in [0.1, 0.15) is 17.3 Å². The molecule has 31 heavy (non-hydrogen) atoms. The topological polar surface area (TPSA) is 91.7 Å². The molecule has 3 N–H and O–H groups in total. The van der Waals surface area contributed by atoms with Crippen molar-refractivity contribution in [3.63, 3.8) is 0 Å². The molecule has 1 aliphatic carbocycles. The van der Waals surface area contributed by atoms with Gasteiger partial charge in [-0.05, 0) is 50.7 Å².